The largest absolute Gasteiger partial charge is 0.462 e. The van der Waals surface area contributed by atoms with E-state index in [4.69, 9.17) is 4.74 Å². The van der Waals surface area contributed by atoms with E-state index in [1.165, 1.54) is 11.2 Å². The van der Waals surface area contributed by atoms with Gasteiger partial charge in [-0.25, -0.2) is 13.2 Å². The summed E-state index contributed by atoms with van der Waals surface area (Å²) in [5.74, 6) is -0.785. The molecule has 1 aromatic carbocycles. The summed E-state index contributed by atoms with van der Waals surface area (Å²) in [5, 5.41) is 14.5. The van der Waals surface area contributed by atoms with Crippen molar-refractivity contribution in [3.05, 3.63) is 33.4 Å². The zero-order valence-corrected chi connectivity index (χ0v) is 17.2. The normalized spacial score (nSPS) is 20.6. The molecule has 1 aromatic rings. The van der Waals surface area contributed by atoms with Gasteiger partial charge in [-0.2, -0.15) is 4.31 Å². The Morgan fingerprint density at radius 3 is 2.59 bits per heavy atom. The molecule has 0 amide bonds. The summed E-state index contributed by atoms with van der Waals surface area (Å²) in [6.45, 7) is 7.43. The number of hydrogen-bond acceptors (Lipinski definition) is 7. The number of halogens is 1. The van der Waals surface area contributed by atoms with Crippen LogP contribution in [-0.2, 0) is 14.8 Å². The fraction of sp³-hybridized carbons (Fsp3) is 0.562. The minimum Gasteiger partial charge on any atom is -0.462 e. The van der Waals surface area contributed by atoms with Crippen molar-refractivity contribution in [1.82, 2.24) is 9.62 Å². The summed E-state index contributed by atoms with van der Waals surface area (Å²) >= 11 is 0. The maximum Gasteiger partial charge on any atom is 0.338 e. The number of rotatable bonds is 5. The maximum absolute atomic E-state index is 13.1. The average molecular weight is 422 g/mol. The summed E-state index contributed by atoms with van der Waals surface area (Å²) in [4.78, 5) is 22.5. The van der Waals surface area contributed by atoms with Crippen LogP contribution < -0.4 is 5.32 Å². The Balaban J connectivity index is 0.00000364. The number of nitrogens with zero attached hydrogens (tertiary/aromatic N) is 2. The summed E-state index contributed by atoms with van der Waals surface area (Å²) in [7, 11) is -4.01. The first-order valence-corrected chi connectivity index (χ1v) is 9.76. The number of hydrogen-bond donors (Lipinski definition) is 1. The molecule has 1 aliphatic rings. The molecule has 1 N–H and O–H groups in total. The fourth-order valence-corrected chi connectivity index (χ4v) is 4.68. The molecular weight excluding hydrogens is 398 g/mol. The molecule has 1 heterocycles. The predicted octanol–water partition coefficient (Wildman–Crippen LogP) is 1.87. The van der Waals surface area contributed by atoms with E-state index in [1.807, 2.05) is 6.92 Å². The molecule has 9 nitrogen and oxygen atoms in total. The van der Waals surface area contributed by atoms with Crippen LogP contribution in [0.15, 0.2) is 17.0 Å². The quantitative estimate of drug-likeness (QED) is 0.437. The highest BCUT2D eigenvalue weighted by Gasteiger charge is 2.36. The van der Waals surface area contributed by atoms with Gasteiger partial charge in [-0.15, -0.1) is 12.4 Å². The van der Waals surface area contributed by atoms with Crippen molar-refractivity contribution in [1.29, 1.82) is 0 Å². The number of ether oxygens (including phenoxy) is 1. The number of carbonyl (C=O) groups is 1. The van der Waals surface area contributed by atoms with Crippen molar-refractivity contribution < 1.29 is 22.9 Å². The first kappa shape index (κ1) is 23.3. The van der Waals surface area contributed by atoms with Gasteiger partial charge >= 0.3 is 5.97 Å². The lowest BCUT2D eigenvalue weighted by Gasteiger charge is -2.37. The number of nitrogens with one attached hydrogen (secondary N) is 1. The molecule has 0 spiro atoms. The second-order valence-corrected chi connectivity index (χ2v) is 8.08. The van der Waals surface area contributed by atoms with E-state index in [0.29, 0.717) is 6.54 Å². The molecule has 152 valence electrons. The zero-order chi connectivity index (χ0) is 19.6. The maximum atomic E-state index is 13.1. The number of benzene rings is 1. The van der Waals surface area contributed by atoms with Crippen LogP contribution >= 0.6 is 12.4 Å². The summed E-state index contributed by atoms with van der Waals surface area (Å²) in [6, 6.07) is 1.77. The minimum atomic E-state index is -4.01. The SMILES string of the molecule is CCOC(=O)c1cc(S(=O)(=O)N2CCNC(C)C2C)cc([N+](=O)[O-])c1C.Cl. The molecule has 0 aromatic heterocycles. The molecule has 2 atom stereocenters. The van der Waals surface area contributed by atoms with E-state index < -0.39 is 26.6 Å². The third-order valence-electron chi connectivity index (χ3n) is 4.63. The zero-order valence-electron chi connectivity index (χ0n) is 15.6. The standard InChI is InChI=1S/C16H23N3O6S.ClH/c1-5-25-16(20)14-8-13(9-15(10(14)2)19(21)22)26(23,24)18-7-6-17-11(3)12(18)4;/h8-9,11-12,17H,5-7H2,1-4H3;1H. The summed E-state index contributed by atoms with van der Waals surface area (Å²) in [5.41, 5.74) is -0.463. The molecule has 0 radical (unpaired) electrons. The van der Waals surface area contributed by atoms with Crippen LogP contribution in [0, 0.1) is 17.0 Å². The molecule has 27 heavy (non-hydrogen) atoms. The van der Waals surface area contributed by atoms with Gasteiger partial charge < -0.3 is 10.1 Å². The van der Waals surface area contributed by atoms with Crippen molar-refractivity contribution in [3.63, 3.8) is 0 Å². The summed E-state index contributed by atoms with van der Waals surface area (Å²) in [6.07, 6.45) is 0. The third kappa shape index (κ3) is 4.57. The smallest absolute Gasteiger partial charge is 0.338 e. The summed E-state index contributed by atoms with van der Waals surface area (Å²) < 4.78 is 32.4. The highest BCUT2D eigenvalue weighted by atomic mass is 35.5. The second-order valence-electron chi connectivity index (χ2n) is 6.19. The van der Waals surface area contributed by atoms with E-state index in [1.54, 1.807) is 13.8 Å². The molecule has 1 fully saturated rings. The van der Waals surface area contributed by atoms with Crippen molar-refractivity contribution >= 4 is 34.1 Å². The number of piperazine rings is 1. The Labute approximate surface area is 164 Å². The van der Waals surface area contributed by atoms with Crippen LogP contribution in [0.3, 0.4) is 0 Å². The highest BCUT2D eigenvalue weighted by Crippen LogP contribution is 2.30. The monoisotopic (exact) mass is 421 g/mol. The van der Waals surface area contributed by atoms with Crippen molar-refractivity contribution in [2.75, 3.05) is 19.7 Å². The Morgan fingerprint density at radius 1 is 1.41 bits per heavy atom. The molecule has 1 aliphatic heterocycles. The van der Waals surface area contributed by atoms with Gasteiger partial charge in [-0.05, 0) is 33.8 Å². The van der Waals surface area contributed by atoms with Crippen molar-refractivity contribution in [2.45, 2.75) is 44.7 Å². The molecule has 0 bridgehead atoms. The van der Waals surface area contributed by atoms with Crippen LogP contribution in [0.1, 0.15) is 36.7 Å². The molecule has 2 rings (SSSR count). The Kier molecular flexibility index (Phi) is 7.73. The lowest BCUT2D eigenvalue weighted by atomic mass is 10.1. The van der Waals surface area contributed by atoms with Gasteiger partial charge in [0.1, 0.15) is 0 Å². The van der Waals surface area contributed by atoms with E-state index in [2.05, 4.69) is 5.32 Å². The van der Waals surface area contributed by atoms with E-state index >= 15 is 0 Å². The van der Waals surface area contributed by atoms with Gasteiger partial charge in [0.25, 0.3) is 5.69 Å². The van der Waals surface area contributed by atoms with Crippen LogP contribution in [0.25, 0.3) is 0 Å². The molecule has 0 aliphatic carbocycles. The van der Waals surface area contributed by atoms with Gasteiger partial charge in [0.2, 0.25) is 10.0 Å². The lowest BCUT2D eigenvalue weighted by molar-refractivity contribution is -0.385. The van der Waals surface area contributed by atoms with Crippen molar-refractivity contribution in [3.8, 4) is 0 Å². The first-order valence-electron chi connectivity index (χ1n) is 8.32. The Hall–Kier alpha value is -1.75. The van der Waals surface area contributed by atoms with Crippen LogP contribution in [-0.4, -0.2) is 55.4 Å². The van der Waals surface area contributed by atoms with Gasteiger partial charge in [0.15, 0.2) is 0 Å². The lowest BCUT2D eigenvalue weighted by Crippen LogP contribution is -2.57. The topological polar surface area (TPSA) is 119 Å². The van der Waals surface area contributed by atoms with Crippen LogP contribution in [0.2, 0.25) is 0 Å². The average Bonchev–Trinajstić information content (AvgIpc) is 2.57. The highest BCUT2D eigenvalue weighted by molar-refractivity contribution is 7.89. The first-order chi connectivity index (χ1) is 12.1. The number of nitro groups is 1. The number of carbonyl (C=O) groups excluding carboxylic acids is 1. The number of sulfonamides is 1. The minimum absolute atomic E-state index is 0. The number of esters is 1. The third-order valence-corrected chi connectivity index (χ3v) is 6.59. The van der Waals surface area contributed by atoms with E-state index in [9.17, 15) is 23.3 Å². The van der Waals surface area contributed by atoms with Gasteiger partial charge in [0, 0.05) is 36.8 Å². The van der Waals surface area contributed by atoms with Gasteiger partial charge in [-0.1, -0.05) is 0 Å². The van der Waals surface area contributed by atoms with Gasteiger partial charge in [-0.3, -0.25) is 10.1 Å². The molecule has 0 saturated carbocycles. The Bertz CT molecular complexity index is 830. The van der Waals surface area contributed by atoms with Gasteiger partial charge in [0.05, 0.1) is 22.0 Å². The van der Waals surface area contributed by atoms with Crippen molar-refractivity contribution in [2.24, 2.45) is 0 Å². The van der Waals surface area contributed by atoms with E-state index in [-0.39, 0.29) is 53.7 Å². The van der Waals surface area contributed by atoms with Crippen LogP contribution in [0.4, 0.5) is 5.69 Å². The fourth-order valence-electron chi connectivity index (χ4n) is 2.93. The molecule has 1 saturated heterocycles. The predicted molar refractivity (Wildman–Crippen MR) is 102 cm³/mol. The van der Waals surface area contributed by atoms with E-state index in [0.717, 1.165) is 12.1 Å². The molecular formula is C16H24ClN3O6S. The van der Waals surface area contributed by atoms with Crippen LogP contribution in [0.5, 0.6) is 0 Å². The molecule has 2 unspecified atom stereocenters. The molecule has 11 heteroatoms. The second kappa shape index (κ2) is 8.96. The number of nitro benzene ring substituents is 1. The Morgan fingerprint density at radius 2 is 2.04 bits per heavy atom.